The van der Waals surface area contributed by atoms with E-state index >= 15 is 0 Å². The Kier molecular flexibility index (Phi) is 59.3. The minimum absolute atomic E-state index is 0.185. The van der Waals surface area contributed by atoms with Crippen LogP contribution in [0.5, 0.6) is 0 Å². The molecule has 0 aliphatic carbocycles. The Morgan fingerprint density at radius 1 is 0.383 bits per heavy atom. The molecule has 0 aliphatic heterocycles. The van der Waals surface area contributed by atoms with Gasteiger partial charge in [0.2, 0.25) is 0 Å². The molecule has 2 unspecified atom stereocenters. The molecule has 9 heteroatoms. The van der Waals surface area contributed by atoms with Gasteiger partial charge in [-0.05, 0) is 96.3 Å². The fraction of sp³-hybridized carbons (Fsp3) is 0.736. The lowest BCUT2D eigenvalue weighted by Crippen LogP contribution is -2.40. The van der Waals surface area contributed by atoms with E-state index in [0.29, 0.717) is 17.4 Å². The van der Waals surface area contributed by atoms with Gasteiger partial charge in [0, 0.05) is 12.8 Å². The number of carbonyl (C=O) groups excluding carboxylic acids is 2. The number of quaternary nitrogens is 1. The van der Waals surface area contributed by atoms with Crippen LogP contribution in [0.1, 0.15) is 284 Å². The highest BCUT2D eigenvalue weighted by molar-refractivity contribution is 5.71. The van der Waals surface area contributed by atoms with E-state index in [1.165, 1.54) is 173 Å². The Labute approximate surface area is 499 Å². The predicted octanol–water partition coefficient (Wildman–Crippen LogP) is 20.5. The summed E-state index contributed by atoms with van der Waals surface area (Å²) in [7, 11) is 5.97. The third-order valence-corrected chi connectivity index (χ3v) is 14.3. The van der Waals surface area contributed by atoms with Crippen LogP contribution in [0.25, 0.3) is 0 Å². The van der Waals surface area contributed by atoms with Crippen molar-refractivity contribution < 1.29 is 42.9 Å². The van der Waals surface area contributed by atoms with Crippen LogP contribution in [0.3, 0.4) is 0 Å². The molecular formula is C72H126NO8+. The number of allylic oxidation sites excluding steroid dienone is 16. The van der Waals surface area contributed by atoms with Crippen molar-refractivity contribution >= 4 is 17.9 Å². The first-order valence-electron chi connectivity index (χ1n) is 33.4. The Morgan fingerprint density at radius 3 is 1.06 bits per heavy atom. The lowest BCUT2D eigenvalue weighted by Gasteiger charge is -2.25. The van der Waals surface area contributed by atoms with Crippen molar-refractivity contribution in [3.8, 4) is 0 Å². The van der Waals surface area contributed by atoms with E-state index in [1.807, 2.05) is 21.1 Å². The van der Waals surface area contributed by atoms with Crippen LogP contribution in [0.2, 0.25) is 0 Å². The molecule has 466 valence electrons. The number of aliphatic carboxylic acids is 1. The van der Waals surface area contributed by atoms with E-state index in [4.69, 9.17) is 18.9 Å². The lowest BCUT2D eigenvalue weighted by atomic mass is 10.0. The Bertz CT molecular complexity index is 1650. The van der Waals surface area contributed by atoms with Crippen molar-refractivity contribution in [3.05, 3.63) is 97.2 Å². The number of esters is 2. The van der Waals surface area contributed by atoms with Crippen molar-refractivity contribution in [1.82, 2.24) is 0 Å². The molecule has 0 saturated heterocycles. The number of carboxylic acids is 1. The highest BCUT2D eigenvalue weighted by atomic mass is 16.7. The van der Waals surface area contributed by atoms with E-state index in [1.54, 1.807) is 0 Å². The second-order valence-corrected chi connectivity index (χ2v) is 23.4. The van der Waals surface area contributed by atoms with Crippen molar-refractivity contribution in [2.75, 3.05) is 47.5 Å². The molecule has 0 bridgehead atoms. The smallest absolute Gasteiger partial charge is 0.361 e. The molecule has 0 aromatic heterocycles. The summed E-state index contributed by atoms with van der Waals surface area (Å²) in [6.07, 6.45) is 82.3. The molecule has 0 saturated carbocycles. The second kappa shape index (κ2) is 62.3. The van der Waals surface area contributed by atoms with Crippen LogP contribution in [-0.2, 0) is 33.3 Å². The molecule has 1 N–H and O–H groups in total. The third kappa shape index (κ3) is 63.6. The summed E-state index contributed by atoms with van der Waals surface area (Å²) >= 11 is 0. The Balaban J connectivity index is 4.06. The van der Waals surface area contributed by atoms with Gasteiger partial charge in [0.05, 0.1) is 34.4 Å². The quantitative estimate of drug-likeness (QED) is 0.0211. The second-order valence-electron chi connectivity index (χ2n) is 23.4. The van der Waals surface area contributed by atoms with Gasteiger partial charge in [-0.15, -0.1) is 0 Å². The van der Waals surface area contributed by atoms with E-state index in [0.717, 1.165) is 83.5 Å². The fourth-order valence-corrected chi connectivity index (χ4v) is 9.23. The molecular weight excluding hydrogens is 1010 g/mol. The molecule has 0 radical (unpaired) electrons. The number of hydrogen-bond donors (Lipinski definition) is 1. The maximum absolute atomic E-state index is 12.9. The molecule has 2 atom stereocenters. The number of carboxylic acid groups (broad SMARTS) is 1. The van der Waals surface area contributed by atoms with Crippen LogP contribution in [0.15, 0.2) is 97.2 Å². The lowest BCUT2D eigenvalue weighted by molar-refractivity contribution is -0.870. The highest BCUT2D eigenvalue weighted by Gasteiger charge is 2.25. The molecule has 0 rings (SSSR count). The summed E-state index contributed by atoms with van der Waals surface area (Å²) in [5, 5.41) is 9.72. The number of carbonyl (C=O) groups is 3. The average molecular weight is 1130 g/mol. The zero-order valence-electron chi connectivity index (χ0n) is 53.2. The molecule has 0 aromatic carbocycles. The largest absolute Gasteiger partial charge is 0.477 e. The van der Waals surface area contributed by atoms with E-state index in [9.17, 15) is 19.5 Å². The molecule has 0 spiro atoms. The Morgan fingerprint density at radius 2 is 0.704 bits per heavy atom. The number of nitrogens with zero attached hydrogens (tertiary/aromatic N) is 1. The SMILES string of the molecule is CC/C=C\C/C=C\C/C=C\C/C=C\C/C=C\C/C=C\C/C=C\CCCCCCCCCCCCCCCCCCCC(=O)OC(COC(=O)CCCCCCCCC/C=C\CCCCCCCC)COC(OCC[N+](C)(C)C)C(=O)O. The van der Waals surface area contributed by atoms with Gasteiger partial charge in [0.1, 0.15) is 13.2 Å². The molecule has 0 amide bonds. The summed E-state index contributed by atoms with van der Waals surface area (Å²) in [5.41, 5.74) is 0. The van der Waals surface area contributed by atoms with Gasteiger partial charge in [-0.2, -0.15) is 0 Å². The van der Waals surface area contributed by atoms with Crippen LogP contribution >= 0.6 is 0 Å². The standard InChI is InChI=1S/C72H125NO8/c1-6-8-10-12-14-16-18-20-22-24-25-26-27-28-29-30-31-32-33-34-35-36-37-38-39-40-41-42-43-44-45-47-49-51-53-55-57-59-61-63-70(75)81-68(67-80-72(71(76)77)78-65-64-73(3,4)5)66-79-69(74)62-60-58-56-54-52-50-48-46-23-21-19-17-15-13-11-9-7-2/h8,10,14,16,20-23,25-26,28-29,31-32,34-35,68,72H,6-7,9,11-13,15,17-19,24,27,30,33,36-67H2,1-5H3/p+1/b10-8-,16-14-,22-20-,23-21-,26-25-,29-28-,32-31-,35-34-. The number of likely N-dealkylation sites (N-methyl/N-ethyl adjacent to an activating group) is 1. The van der Waals surface area contributed by atoms with Gasteiger partial charge in [-0.25, -0.2) is 4.79 Å². The molecule has 0 aliphatic rings. The first-order valence-corrected chi connectivity index (χ1v) is 33.4. The summed E-state index contributed by atoms with van der Waals surface area (Å²) < 4.78 is 22.9. The third-order valence-electron chi connectivity index (χ3n) is 14.3. The Hall–Kier alpha value is -3.79. The molecule has 81 heavy (non-hydrogen) atoms. The summed E-state index contributed by atoms with van der Waals surface area (Å²) in [6.45, 7) is 4.77. The summed E-state index contributed by atoms with van der Waals surface area (Å²) in [6, 6.07) is 0. The van der Waals surface area contributed by atoms with Crippen molar-refractivity contribution in [1.29, 1.82) is 0 Å². The fourth-order valence-electron chi connectivity index (χ4n) is 9.23. The minimum Gasteiger partial charge on any atom is -0.477 e. The van der Waals surface area contributed by atoms with Crippen LogP contribution in [-0.4, -0.2) is 87.4 Å². The van der Waals surface area contributed by atoms with Crippen LogP contribution in [0, 0.1) is 0 Å². The van der Waals surface area contributed by atoms with Gasteiger partial charge >= 0.3 is 17.9 Å². The monoisotopic (exact) mass is 1130 g/mol. The zero-order valence-corrected chi connectivity index (χ0v) is 53.2. The highest BCUT2D eigenvalue weighted by Crippen LogP contribution is 2.17. The summed E-state index contributed by atoms with van der Waals surface area (Å²) in [5.74, 6) is -2.00. The topological polar surface area (TPSA) is 108 Å². The number of unbranched alkanes of at least 4 members (excludes halogenated alkanes) is 30. The molecule has 9 nitrogen and oxygen atoms in total. The average Bonchev–Trinajstić information content (AvgIpc) is 3.44. The first-order chi connectivity index (χ1) is 39.6. The van der Waals surface area contributed by atoms with E-state index in [-0.39, 0.29) is 32.2 Å². The number of ether oxygens (including phenoxy) is 4. The van der Waals surface area contributed by atoms with Crippen molar-refractivity contribution in [3.63, 3.8) is 0 Å². The first kappa shape index (κ1) is 77.2. The maximum Gasteiger partial charge on any atom is 0.361 e. The molecule has 0 aromatic rings. The summed E-state index contributed by atoms with van der Waals surface area (Å²) in [4.78, 5) is 37.5. The van der Waals surface area contributed by atoms with Crippen molar-refractivity contribution in [2.24, 2.45) is 0 Å². The van der Waals surface area contributed by atoms with Crippen molar-refractivity contribution in [2.45, 2.75) is 296 Å². The zero-order chi connectivity index (χ0) is 59.1. The predicted molar refractivity (Wildman–Crippen MR) is 345 cm³/mol. The van der Waals surface area contributed by atoms with Gasteiger partial charge in [-0.1, -0.05) is 272 Å². The van der Waals surface area contributed by atoms with Gasteiger partial charge in [0.15, 0.2) is 6.10 Å². The maximum atomic E-state index is 12.9. The number of hydrogen-bond acceptors (Lipinski definition) is 7. The van der Waals surface area contributed by atoms with Gasteiger partial charge in [0.25, 0.3) is 6.29 Å². The van der Waals surface area contributed by atoms with Crippen LogP contribution in [0.4, 0.5) is 0 Å². The van der Waals surface area contributed by atoms with Crippen LogP contribution < -0.4 is 0 Å². The minimum atomic E-state index is -1.51. The molecule has 0 fully saturated rings. The van der Waals surface area contributed by atoms with E-state index < -0.39 is 24.3 Å². The van der Waals surface area contributed by atoms with E-state index in [2.05, 4.69) is 111 Å². The van der Waals surface area contributed by atoms with Gasteiger partial charge in [-0.3, -0.25) is 9.59 Å². The number of rotatable bonds is 61. The molecule has 0 heterocycles. The van der Waals surface area contributed by atoms with Gasteiger partial charge < -0.3 is 28.5 Å². The normalized spacial score (nSPS) is 13.3.